The minimum absolute atomic E-state index is 0.0303. The van der Waals surface area contributed by atoms with Crippen molar-refractivity contribution in [2.24, 2.45) is 0 Å². The van der Waals surface area contributed by atoms with Crippen LogP contribution < -0.4 is 0 Å². The van der Waals surface area contributed by atoms with Gasteiger partial charge in [0.1, 0.15) is 4.75 Å². The lowest BCUT2D eigenvalue weighted by molar-refractivity contribution is -0.140. The van der Waals surface area contributed by atoms with Crippen molar-refractivity contribution < 1.29 is 9.53 Å². The van der Waals surface area contributed by atoms with Crippen LogP contribution in [0.3, 0.4) is 0 Å². The maximum atomic E-state index is 12.2. The van der Waals surface area contributed by atoms with Gasteiger partial charge >= 0.3 is 5.97 Å². The van der Waals surface area contributed by atoms with Crippen LogP contribution in [0.5, 0.6) is 0 Å². The Bertz CT molecular complexity index is 404. The molecule has 1 saturated heterocycles. The summed E-state index contributed by atoms with van der Waals surface area (Å²) < 4.78 is 4.87. The highest BCUT2D eigenvalue weighted by atomic mass is 32.2. The van der Waals surface area contributed by atoms with Crippen LogP contribution in [0.25, 0.3) is 0 Å². The molecule has 1 aliphatic heterocycles. The molecule has 0 amide bonds. The summed E-state index contributed by atoms with van der Waals surface area (Å²) in [6.45, 7) is 2.73. The van der Waals surface area contributed by atoms with Crippen LogP contribution in [0.1, 0.15) is 37.7 Å². The Morgan fingerprint density at radius 1 is 1.39 bits per heavy atom. The van der Waals surface area contributed by atoms with Gasteiger partial charge in [-0.05, 0) is 18.2 Å². The highest BCUT2D eigenvalue weighted by Gasteiger charge is 2.50. The number of carbonyl (C=O) groups excluding carboxylic acids is 1. The van der Waals surface area contributed by atoms with Crippen LogP contribution in [-0.4, -0.2) is 23.6 Å². The summed E-state index contributed by atoms with van der Waals surface area (Å²) in [5, 5.41) is 0. The predicted octanol–water partition coefficient (Wildman–Crippen LogP) is 3.62. The van der Waals surface area contributed by atoms with Crippen LogP contribution in [0, 0.1) is 0 Å². The standard InChI is InChI=1S/C15H20O2S/c1-3-7-13(12-8-5-4-6-9-12)15(18-2)10-11-17-14(15)16/h4-6,8-9,13H,3,7,10-11H2,1-2H3. The molecule has 0 radical (unpaired) electrons. The molecule has 1 aromatic rings. The number of thioether (sulfide) groups is 1. The van der Waals surface area contributed by atoms with Gasteiger partial charge in [0.2, 0.25) is 0 Å². The summed E-state index contributed by atoms with van der Waals surface area (Å²) in [4.78, 5) is 12.2. The van der Waals surface area contributed by atoms with E-state index >= 15 is 0 Å². The molecule has 3 heteroatoms. The molecule has 0 aromatic heterocycles. The first-order valence-corrected chi connectivity index (χ1v) is 7.74. The Balaban J connectivity index is 2.37. The number of hydrogen-bond acceptors (Lipinski definition) is 3. The second kappa shape index (κ2) is 5.79. The fraction of sp³-hybridized carbons (Fsp3) is 0.533. The fourth-order valence-electron chi connectivity index (χ4n) is 2.81. The first kappa shape index (κ1) is 13.5. The molecule has 1 heterocycles. The van der Waals surface area contributed by atoms with Crippen LogP contribution in [-0.2, 0) is 9.53 Å². The highest BCUT2D eigenvalue weighted by Crippen LogP contribution is 2.47. The van der Waals surface area contributed by atoms with Gasteiger partial charge in [-0.25, -0.2) is 0 Å². The predicted molar refractivity (Wildman–Crippen MR) is 75.9 cm³/mol. The van der Waals surface area contributed by atoms with Crippen molar-refractivity contribution in [2.45, 2.75) is 36.9 Å². The lowest BCUT2D eigenvalue weighted by Crippen LogP contribution is -2.37. The van der Waals surface area contributed by atoms with E-state index in [4.69, 9.17) is 4.74 Å². The van der Waals surface area contributed by atoms with Crippen molar-refractivity contribution in [2.75, 3.05) is 12.9 Å². The molecule has 1 aromatic carbocycles. The number of ether oxygens (including phenoxy) is 1. The van der Waals surface area contributed by atoms with Gasteiger partial charge < -0.3 is 4.74 Å². The maximum Gasteiger partial charge on any atom is 0.322 e. The number of rotatable bonds is 5. The van der Waals surface area contributed by atoms with Crippen molar-refractivity contribution in [3.05, 3.63) is 35.9 Å². The third-order valence-electron chi connectivity index (χ3n) is 3.76. The average molecular weight is 264 g/mol. The minimum atomic E-state index is -0.378. The molecule has 0 saturated carbocycles. The SMILES string of the molecule is CCCC(c1ccccc1)C1(SC)CCOC1=O. The molecule has 2 unspecified atom stereocenters. The molecule has 1 aliphatic rings. The summed E-state index contributed by atoms with van der Waals surface area (Å²) in [5.41, 5.74) is 1.26. The zero-order valence-corrected chi connectivity index (χ0v) is 11.8. The van der Waals surface area contributed by atoms with Crippen molar-refractivity contribution in [3.8, 4) is 0 Å². The first-order valence-electron chi connectivity index (χ1n) is 6.52. The minimum Gasteiger partial charge on any atom is -0.465 e. The van der Waals surface area contributed by atoms with E-state index in [2.05, 4.69) is 19.1 Å². The number of carbonyl (C=O) groups is 1. The van der Waals surface area contributed by atoms with Crippen LogP contribution in [0.4, 0.5) is 0 Å². The molecule has 1 fully saturated rings. The molecule has 18 heavy (non-hydrogen) atoms. The van der Waals surface area contributed by atoms with Gasteiger partial charge in [-0.1, -0.05) is 43.7 Å². The molecule has 0 aliphatic carbocycles. The first-order chi connectivity index (χ1) is 8.74. The summed E-state index contributed by atoms with van der Waals surface area (Å²) in [6.07, 6.45) is 4.96. The maximum absolute atomic E-state index is 12.2. The van der Waals surface area contributed by atoms with E-state index in [9.17, 15) is 4.79 Å². The van der Waals surface area contributed by atoms with Gasteiger partial charge in [-0.15, -0.1) is 11.8 Å². The Labute approximate surface area is 113 Å². The third-order valence-corrected chi connectivity index (χ3v) is 5.14. The summed E-state index contributed by atoms with van der Waals surface area (Å²) in [6, 6.07) is 10.4. The van der Waals surface area contributed by atoms with Crippen molar-refractivity contribution in [1.82, 2.24) is 0 Å². The van der Waals surface area contributed by atoms with Crippen molar-refractivity contribution >= 4 is 17.7 Å². The fourth-order valence-corrected chi connectivity index (χ4v) is 3.86. The molecule has 2 atom stereocenters. The van der Waals surface area contributed by atoms with Gasteiger partial charge in [-0.3, -0.25) is 4.79 Å². The van der Waals surface area contributed by atoms with E-state index in [0.29, 0.717) is 6.61 Å². The van der Waals surface area contributed by atoms with E-state index in [1.165, 1.54) is 5.56 Å². The summed E-state index contributed by atoms with van der Waals surface area (Å²) in [5.74, 6) is 0.228. The Morgan fingerprint density at radius 2 is 2.11 bits per heavy atom. The molecule has 0 spiro atoms. The van der Waals surface area contributed by atoms with E-state index < -0.39 is 0 Å². The van der Waals surface area contributed by atoms with Crippen LogP contribution >= 0.6 is 11.8 Å². The lowest BCUT2D eigenvalue weighted by Gasteiger charge is -2.32. The molecule has 0 bridgehead atoms. The van der Waals surface area contributed by atoms with Crippen molar-refractivity contribution in [3.63, 3.8) is 0 Å². The van der Waals surface area contributed by atoms with Gasteiger partial charge in [0.15, 0.2) is 0 Å². The molecule has 0 N–H and O–H groups in total. The Kier molecular flexibility index (Phi) is 4.33. The molecular formula is C15H20O2S. The molecule has 2 rings (SSSR count). The number of hydrogen-bond donors (Lipinski definition) is 0. The number of cyclic esters (lactones) is 1. The van der Waals surface area contributed by atoms with Gasteiger partial charge in [0.25, 0.3) is 0 Å². The number of esters is 1. The van der Waals surface area contributed by atoms with Gasteiger partial charge in [0, 0.05) is 12.3 Å². The zero-order valence-electron chi connectivity index (χ0n) is 11.0. The van der Waals surface area contributed by atoms with E-state index in [0.717, 1.165) is 19.3 Å². The Morgan fingerprint density at radius 3 is 2.61 bits per heavy atom. The Hall–Kier alpha value is -0.960. The lowest BCUT2D eigenvalue weighted by atomic mass is 9.81. The monoisotopic (exact) mass is 264 g/mol. The van der Waals surface area contributed by atoms with Crippen LogP contribution in [0.2, 0.25) is 0 Å². The highest BCUT2D eigenvalue weighted by molar-refractivity contribution is 8.00. The number of benzene rings is 1. The quantitative estimate of drug-likeness (QED) is 0.760. The second-order valence-electron chi connectivity index (χ2n) is 4.73. The topological polar surface area (TPSA) is 26.3 Å². The third kappa shape index (κ3) is 2.28. The smallest absolute Gasteiger partial charge is 0.322 e. The van der Waals surface area contributed by atoms with Crippen LogP contribution in [0.15, 0.2) is 30.3 Å². The normalized spacial score (nSPS) is 24.9. The summed E-state index contributed by atoms with van der Waals surface area (Å²) >= 11 is 1.66. The molecule has 2 nitrogen and oxygen atoms in total. The van der Waals surface area contributed by atoms with Crippen molar-refractivity contribution in [1.29, 1.82) is 0 Å². The largest absolute Gasteiger partial charge is 0.465 e. The molecule has 98 valence electrons. The van der Waals surface area contributed by atoms with E-state index in [1.807, 2.05) is 24.5 Å². The van der Waals surface area contributed by atoms with Gasteiger partial charge in [-0.2, -0.15) is 0 Å². The van der Waals surface area contributed by atoms with Gasteiger partial charge in [0.05, 0.1) is 6.61 Å². The zero-order chi connectivity index (χ0) is 13.0. The second-order valence-corrected chi connectivity index (χ2v) is 5.87. The summed E-state index contributed by atoms with van der Waals surface area (Å²) in [7, 11) is 0. The van der Waals surface area contributed by atoms with E-state index in [-0.39, 0.29) is 16.6 Å². The molecular weight excluding hydrogens is 244 g/mol. The van der Waals surface area contributed by atoms with E-state index in [1.54, 1.807) is 11.8 Å². The average Bonchev–Trinajstić information content (AvgIpc) is 2.79.